The average Bonchev–Trinajstić information content (AvgIpc) is 2.63. The Labute approximate surface area is 151 Å². The molecule has 2 heterocycles. The zero-order valence-electron chi connectivity index (χ0n) is 13.0. The second kappa shape index (κ2) is 8.58. The van der Waals surface area contributed by atoms with Crippen molar-refractivity contribution in [2.24, 2.45) is 0 Å². The van der Waals surface area contributed by atoms with Crippen molar-refractivity contribution in [2.45, 2.75) is 0 Å². The lowest BCUT2D eigenvalue weighted by Crippen LogP contribution is -1.92. The van der Waals surface area contributed by atoms with Gasteiger partial charge in [-0.1, -0.05) is 23.7 Å². The van der Waals surface area contributed by atoms with Gasteiger partial charge in [-0.25, -0.2) is 4.39 Å². The molecule has 1 aromatic carbocycles. The Hall–Kier alpha value is -3.46. The highest BCUT2D eigenvalue weighted by Gasteiger charge is 2.14. The third kappa shape index (κ3) is 4.77. The van der Waals surface area contributed by atoms with Crippen LogP contribution in [-0.4, -0.2) is 19.8 Å². The van der Waals surface area contributed by atoms with Crippen LogP contribution in [0, 0.1) is 26.0 Å². The summed E-state index contributed by atoms with van der Waals surface area (Å²) in [7, 11) is 0. The van der Waals surface area contributed by atoms with Crippen molar-refractivity contribution < 1.29 is 14.2 Å². The number of hydrogen-bond donors (Lipinski definition) is 0. The monoisotopic (exact) mass is 376 g/mol. The van der Waals surface area contributed by atoms with E-state index in [1.54, 1.807) is 0 Å². The van der Waals surface area contributed by atoms with Crippen LogP contribution in [0.2, 0.25) is 5.02 Å². The number of nitro groups is 2. The largest absolute Gasteiger partial charge is 0.305 e. The molecule has 0 saturated heterocycles. The van der Waals surface area contributed by atoms with Crippen LogP contribution in [0.3, 0.4) is 0 Å². The first-order valence-electron chi connectivity index (χ1n) is 6.98. The number of rotatable bonds is 3. The van der Waals surface area contributed by atoms with Crippen LogP contribution >= 0.6 is 11.6 Å². The number of pyridine rings is 2. The minimum Gasteiger partial charge on any atom is -0.258 e. The molecule has 0 radical (unpaired) electrons. The van der Waals surface area contributed by atoms with Crippen LogP contribution in [0.25, 0.3) is 11.1 Å². The SMILES string of the molecule is O=[N+]([O-])c1cnccc1-c1ccc(F)cc1.O=[N+]([O-])c1cnccc1Cl. The molecule has 0 saturated carbocycles. The van der Waals surface area contributed by atoms with E-state index in [0.29, 0.717) is 11.1 Å². The van der Waals surface area contributed by atoms with Gasteiger partial charge in [-0.2, -0.15) is 0 Å². The van der Waals surface area contributed by atoms with E-state index in [-0.39, 0.29) is 22.2 Å². The van der Waals surface area contributed by atoms with E-state index in [0.717, 1.165) is 6.20 Å². The van der Waals surface area contributed by atoms with Crippen molar-refractivity contribution >= 4 is 23.0 Å². The fraction of sp³-hybridized carbons (Fsp3) is 0. The Morgan fingerprint density at radius 2 is 1.38 bits per heavy atom. The summed E-state index contributed by atoms with van der Waals surface area (Å²) < 4.78 is 12.7. The second-order valence-corrected chi connectivity index (χ2v) is 5.15. The molecule has 3 rings (SSSR count). The van der Waals surface area contributed by atoms with Crippen molar-refractivity contribution in [1.82, 2.24) is 9.97 Å². The van der Waals surface area contributed by atoms with Gasteiger partial charge in [0.2, 0.25) is 0 Å². The quantitative estimate of drug-likeness (QED) is 0.493. The maximum atomic E-state index is 12.7. The first-order chi connectivity index (χ1) is 12.4. The predicted molar refractivity (Wildman–Crippen MR) is 92.2 cm³/mol. The molecule has 0 aliphatic rings. The number of benzene rings is 1. The summed E-state index contributed by atoms with van der Waals surface area (Å²) in [5.41, 5.74) is 0.772. The van der Waals surface area contributed by atoms with E-state index < -0.39 is 9.85 Å². The lowest BCUT2D eigenvalue weighted by molar-refractivity contribution is -0.385. The Balaban J connectivity index is 0.000000209. The maximum absolute atomic E-state index is 12.7. The summed E-state index contributed by atoms with van der Waals surface area (Å²) >= 11 is 5.44. The summed E-state index contributed by atoms with van der Waals surface area (Å²) in [5, 5.41) is 21.0. The lowest BCUT2D eigenvalue weighted by atomic mass is 10.1. The van der Waals surface area contributed by atoms with Crippen LogP contribution in [0.1, 0.15) is 0 Å². The lowest BCUT2D eigenvalue weighted by Gasteiger charge is -2.01. The van der Waals surface area contributed by atoms with E-state index in [1.165, 1.54) is 55.0 Å². The maximum Gasteiger partial charge on any atom is 0.305 e. The van der Waals surface area contributed by atoms with E-state index in [4.69, 9.17) is 11.6 Å². The molecular weight excluding hydrogens is 367 g/mol. The van der Waals surface area contributed by atoms with Gasteiger partial charge in [-0.3, -0.25) is 30.2 Å². The molecule has 0 bridgehead atoms. The fourth-order valence-electron chi connectivity index (χ4n) is 1.91. The Bertz CT molecular complexity index is 938. The van der Waals surface area contributed by atoms with E-state index >= 15 is 0 Å². The molecule has 0 N–H and O–H groups in total. The van der Waals surface area contributed by atoms with Gasteiger partial charge >= 0.3 is 5.69 Å². The Kier molecular flexibility index (Phi) is 6.23. The van der Waals surface area contributed by atoms with Crippen LogP contribution in [0.15, 0.2) is 61.2 Å². The number of nitrogens with zero attached hydrogens (tertiary/aromatic N) is 4. The van der Waals surface area contributed by atoms with Gasteiger partial charge in [0.05, 0.1) is 15.4 Å². The molecule has 10 heteroatoms. The molecule has 0 aliphatic heterocycles. The van der Waals surface area contributed by atoms with Gasteiger partial charge in [0.15, 0.2) is 0 Å². The van der Waals surface area contributed by atoms with E-state index in [2.05, 4.69) is 9.97 Å². The van der Waals surface area contributed by atoms with Gasteiger partial charge in [0.1, 0.15) is 23.2 Å². The zero-order chi connectivity index (χ0) is 19.1. The highest BCUT2D eigenvalue weighted by molar-refractivity contribution is 6.32. The molecule has 8 nitrogen and oxygen atoms in total. The average molecular weight is 377 g/mol. The van der Waals surface area contributed by atoms with Gasteiger partial charge in [-0.15, -0.1) is 0 Å². The van der Waals surface area contributed by atoms with E-state index in [9.17, 15) is 24.6 Å². The van der Waals surface area contributed by atoms with Crippen molar-refractivity contribution in [3.8, 4) is 11.1 Å². The minimum absolute atomic E-state index is 0.0888. The van der Waals surface area contributed by atoms with Crippen molar-refractivity contribution in [3.05, 3.63) is 92.3 Å². The molecular formula is C16H10ClFN4O4. The molecule has 0 spiro atoms. The Morgan fingerprint density at radius 1 is 0.846 bits per heavy atom. The summed E-state index contributed by atoms with van der Waals surface area (Å²) in [4.78, 5) is 27.0. The molecule has 26 heavy (non-hydrogen) atoms. The third-order valence-corrected chi connectivity index (χ3v) is 3.42. The number of aromatic nitrogens is 2. The first kappa shape index (κ1) is 18.9. The fourth-order valence-corrected chi connectivity index (χ4v) is 2.08. The molecule has 0 unspecified atom stereocenters. The summed E-state index contributed by atoms with van der Waals surface area (Å²) in [6, 6.07) is 8.43. The van der Waals surface area contributed by atoms with Crippen molar-refractivity contribution in [2.75, 3.05) is 0 Å². The molecule has 0 fully saturated rings. The van der Waals surface area contributed by atoms with Gasteiger partial charge < -0.3 is 0 Å². The summed E-state index contributed by atoms with van der Waals surface area (Å²) in [5.74, 6) is -0.375. The smallest absolute Gasteiger partial charge is 0.258 e. The topological polar surface area (TPSA) is 112 Å². The van der Waals surface area contributed by atoms with Crippen LogP contribution < -0.4 is 0 Å². The molecule has 2 aromatic heterocycles. The molecule has 0 aliphatic carbocycles. The standard InChI is InChI=1S/C11H7FN2O2.C5H3ClN2O2/c12-9-3-1-8(2-4-9)10-5-6-13-7-11(10)14(15)16;6-4-1-2-7-3-5(4)8(9)10/h1-7H;1-3H. The highest BCUT2D eigenvalue weighted by Crippen LogP contribution is 2.28. The molecule has 3 aromatic rings. The normalized spacial score (nSPS) is 9.77. The zero-order valence-corrected chi connectivity index (χ0v) is 13.7. The van der Waals surface area contributed by atoms with Gasteiger partial charge in [0.25, 0.3) is 5.69 Å². The van der Waals surface area contributed by atoms with Crippen molar-refractivity contribution in [1.29, 1.82) is 0 Å². The highest BCUT2D eigenvalue weighted by atomic mass is 35.5. The predicted octanol–water partition coefficient (Wildman–Crippen LogP) is 4.44. The first-order valence-corrected chi connectivity index (χ1v) is 7.36. The molecule has 0 amide bonds. The van der Waals surface area contributed by atoms with Crippen molar-refractivity contribution in [3.63, 3.8) is 0 Å². The minimum atomic E-state index is -0.574. The molecule has 132 valence electrons. The van der Waals surface area contributed by atoms with Crippen LogP contribution in [0.4, 0.5) is 15.8 Å². The van der Waals surface area contributed by atoms with Gasteiger partial charge in [0, 0.05) is 12.4 Å². The Morgan fingerprint density at radius 3 is 1.88 bits per heavy atom. The van der Waals surface area contributed by atoms with Gasteiger partial charge in [-0.05, 0) is 29.8 Å². The molecule has 0 atom stereocenters. The van der Waals surface area contributed by atoms with E-state index in [1.807, 2.05) is 0 Å². The number of hydrogen-bond acceptors (Lipinski definition) is 6. The summed E-state index contributed by atoms with van der Waals surface area (Å²) in [6.07, 6.45) is 5.15. The summed E-state index contributed by atoms with van der Waals surface area (Å²) in [6.45, 7) is 0. The van der Waals surface area contributed by atoms with Crippen LogP contribution in [-0.2, 0) is 0 Å². The number of halogens is 2. The second-order valence-electron chi connectivity index (χ2n) is 4.74. The third-order valence-electron chi connectivity index (χ3n) is 3.10. The van der Waals surface area contributed by atoms with Crippen LogP contribution in [0.5, 0.6) is 0 Å².